The minimum absolute atomic E-state index is 0.470. The van der Waals surface area contributed by atoms with E-state index in [1.54, 1.807) is 6.20 Å². The molecule has 5 heteroatoms. The lowest BCUT2D eigenvalue weighted by Gasteiger charge is -2.11. The number of hydrogen-bond acceptors (Lipinski definition) is 3. The third kappa shape index (κ3) is 2.70. The van der Waals surface area contributed by atoms with E-state index >= 15 is 0 Å². The summed E-state index contributed by atoms with van der Waals surface area (Å²) < 4.78 is 0.977. The van der Waals surface area contributed by atoms with Crippen LogP contribution >= 0.6 is 27.5 Å². The number of pyridine rings is 1. The molecule has 0 unspecified atom stereocenters. The summed E-state index contributed by atoms with van der Waals surface area (Å²) in [5, 5.41) is 4.65. The molecule has 0 aliphatic carbocycles. The number of rotatable bonds is 3. The zero-order valence-corrected chi connectivity index (χ0v) is 11.3. The third-order valence-electron chi connectivity index (χ3n) is 2.32. The van der Waals surface area contributed by atoms with Gasteiger partial charge < -0.3 is 11.1 Å². The standard InChI is InChI=1S/C12H11BrClN3/c1-7(14)5-17-12-9-4-8(13)2-3-11(9)16-6-10(12)15/h2-4,6H,1,5,15H2,(H,16,17). The Morgan fingerprint density at radius 1 is 1.53 bits per heavy atom. The first-order valence-electron chi connectivity index (χ1n) is 4.99. The van der Waals surface area contributed by atoms with Gasteiger partial charge in [-0.2, -0.15) is 0 Å². The highest BCUT2D eigenvalue weighted by atomic mass is 79.9. The fraction of sp³-hybridized carbons (Fsp3) is 0.0833. The van der Waals surface area contributed by atoms with Crippen molar-refractivity contribution in [3.63, 3.8) is 0 Å². The zero-order chi connectivity index (χ0) is 12.4. The van der Waals surface area contributed by atoms with Gasteiger partial charge in [0.2, 0.25) is 0 Å². The van der Waals surface area contributed by atoms with E-state index in [4.69, 9.17) is 17.3 Å². The van der Waals surface area contributed by atoms with E-state index in [0.717, 1.165) is 21.1 Å². The summed E-state index contributed by atoms with van der Waals surface area (Å²) in [4.78, 5) is 4.27. The Balaban J connectivity index is 2.53. The highest BCUT2D eigenvalue weighted by Crippen LogP contribution is 2.30. The van der Waals surface area contributed by atoms with Crippen LogP contribution in [-0.4, -0.2) is 11.5 Å². The Labute approximate surface area is 113 Å². The molecule has 0 aliphatic rings. The molecule has 0 saturated heterocycles. The molecule has 1 aromatic carbocycles. The second-order valence-electron chi connectivity index (χ2n) is 3.62. The normalized spacial score (nSPS) is 10.5. The van der Waals surface area contributed by atoms with Gasteiger partial charge in [0.25, 0.3) is 0 Å². The van der Waals surface area contributed by atoms with Crippen molar-refractivity contribution in [3.8, 4) is 0 Å². The fourth-order valence-corrected chi connectivity index (χ4v) is 1.99. The molecular formula is C12H11BrClN3. The molecule has 0 spiro atoms. The first-order chi connectivity index (χ1) is 8.08. The van der Waals surface area contributed by atoms with Gasteiger partial charge in [0, 0.05) is 14.9 Å². The summed E-state index contributed by atoms with van der Waals surface area (Å²) in [5.74, 6) is 0. The van der Waals surface area contributed by atoms with Crippen LogP contribution in [0.3, 0.4) is 0 Å². The molecule has 0 amide bonds. The molecule has 2 aromatic rings. The Hall–Kier alpha value is -1.26. The average molecular weight is 313 g/mol. The topological polar surface area (TPSA) is 50.9 Å². The number of halogens is 2. The van der Waals surface area contributed by atoms with Crippen LogP contribution in [-0.2, 0) is 0 Å². The summed E-state index contributed by atoms with van der Waals surface area (Å²) in [6.07, 6.45) is 1.63. The van der Waals surface area contributed by atoms with Crippen LogP contribution in [0.1, 0.15) is 0 Å². The Morgan fingerprint density at radius 3 is 3.00 bits per heavy atom. The van der Waals surface area contributed by atoms with Gasteiger partial charge in [-0.3, -0.25) is 4.98 Å². The smallest absolute Gasteiger partial charge is 0.0743 e. The van der Waals surface area contributed by atoms with Crippen molar-refractivity contribution in [1.29, 1.82) is 0 Å². The van der Waals surface area contributed by atoms with E-state index in [0.29, 0.717) is 17.3 Å². The van der Waals surface area contributed by atoms with Gasteiger partial charge in [-0.1, -0.05) is 34.1 Å². The van der Waals surface area contributed by atoms with E-state index < -0.39 is 0 Å². The van der Waals surface area contributed by atoms with Gasteiger partial charge >= 0.3 is 0 Å². The molecule has 0 bridgehead atoms. The zero-order valence-electron chi connectivity index (χ0n) is 9.00. The van der Waals surface area contributed by atoms with Crippen molar-refractivity contribution in [3.05, 3.63) is 40.5 Å². The van der Waals surface area contributed by atoms with Crippen LogP contribution in [0.5, 0.6) is 0 Å². The third-order valence-corrected chi connectivity index (χ3v) is 2.94. The van der Waals surface area contributed by atoms with E-state index in [1.807, 2.05) is 18.2 Å². The predicted octanol–water partition coefficient (Wildman–Crippen LogP) is 3.74. The van der Waals surface area contributed by atoms with Gasteiger partial charge in [-0.15, -0.1) is 0 Å². The molecule has 0 aliphatic heterocycles. The van der Waals surface area contributed by atoms with Gasteiger partial charge in [-0.05, 0) is 18.2 Å². The summed E-state index contributed by atoms with van der Waals surface area (Å²) in [6, 6.07) is 5.84. The number of fused-ring (bicyclic) bond motifs is 1. The maximum absolute atomic E-state index is 5.91. The van der Waals surface area contributed by atoms with Gasteiger partial charge in [-0.25, -0.2) is 0 Å². The van der Waals surface area contributed by atoms with Crippen molar-refractivity contribution >= 4 is 49.8 Å². The number of nitrogens with two attached hydrogens (primary N) is 1. The van der Waals surface area contributed by atoms with Crippen LogP contribution in [0, 0.1) is 0 Å². The van der Waals surface area contributed by atoms with Gasteiger partial charge in [0.05, 0.1) is 29.6 Å². The lowest BCUT2D eigenvalue weighted by molar-refractivity contribution is 1.31. The summed E-state index contributed by atoms with van der Waals surface area (Å²) in [5.41, 5.74) is 8.21. The Kier molecular flexibility index (Phi) is 3.54. The quantitative estimate of drug-likeness (QED) is 0.907. The summed E-state index contributed by atoms with van der Waals surface area (Å²) in [6.45, 7) is 4.10. The van der Waals surface area contributed by atoms with Crippen LogP contribution in [0.2, 0.25) is 0 Å². The first kappa shape index (κ1) is 12.2. The second-order valence-corrected chi connectivity index (χ2v) is 5.07. The number of aromatic nitrogens is 1. The molecule has 1 heterocycles. The number of nitrogen functional groups attached to an aromatic ring is 1. The van der Waals surface area contributed by atoms with Crippen molar-refractivity contribution < 1.29 is 0 Å². The van der Waals surface area contributed by atoms with Crippen LogP contribution in [0.15, 0.2) is 40.5 Å². The molecule has 2 rings (SSSR count). The number of nitrogens with one attached hydrogen (secondary N) is 1. The molecule has 1 aromatic heterocycles. The number of hydrogen-bond donors (Lipinski definition) is 2. The van der Waals surface area contributed by atoms with Crippen LogP contribution < -0.4 is 11.1 Å². The molecular weight excluding hydrogens is 302 g/mol. The van der Waals surface area contributed by atoms with Crippen molar-refractivity contribution in [1.82, 2.24) is 4.98 Å². The molecule has 0 atom stereocenters. The lowest BCUT2D eigenvalue weighted by atomic mass is 10.1. The van der Waals surface area contributed by atoms with Crippen molar-refractivity contribution in [2.24, 2.45) is 0 Å². The minimum Gasteiger partial charge on any atom is -0.396 e. The molecule has 3 nitrogen and oxygen atoms in total. The molecule has 0 fully saturated rings. The van der Waals surface area contributed by atoms with Gasteiger partial charge in [0.15, 0.2) is 0 Å². The minimum atomic E-state index is 0.470. The number of anilines is 2. The SMILES string of the molecule is C=C(Cl)CNc1c(N)cnc2ccc(Br)cc12. The van der Waals surface area contributed by atoms with Crippen LogP contribution in [0.25, 0.3) is 10.9 Å². The highest BCUT2D eigenvalue weighted by molar-refractivity contribution is 9.10. The highest BCUT2D eigenvalue weighted by Gasteiger charge is 2.06. The van der Waals surface area contributed by atoms with E-state index in [2.05, 4.69) is 32.8 Å². The van der Waals surface area contributed by atoms with E-state index in [-0.39, 0.29) is 0 Å². The van der Waals surface area contributed by atoms with Crippen LogP contribution in [0.4, 0.5) is 11.4 Å². The predicted molar refractivity (Wildman–Crippen MR) is 77.3 cm³/mol. The average Bonchev–Trinajstić information content (AvgIpc) is 2.27. The fourth-order valence-electron chi connectivity index (χ4n) is 1.56. The maximum atomic E-state index is 5.91. The molecule has 3 N–H and O–H groups in total. The Bertz CT molecular complexity index is 578. The van der Waals surface area contributed by atoms with Crippen molar-refractivity contribution in [2.75, 3.05) is 17.6 Å². The molecule has 0 radical (unpaired) electrons. The van der Waals surface area contributed by atoms with E-state index in [9.17, 15) is 0 Å². The van der Waals surface area contributed by atoms with Crippen molar-refractivity contribution in [2.45, 2.75) is 0 Å². The summed E-state index contributed by atoms with van der Waals surface area (Å²) in [7, 11) is 0. The number of benzene rings is 1. The molecule has 0 saturated carbocycles. The largest absolute Gasteiger partial charge is 0.396 e. The first-order valence-corrected chi connectivity index (χ1v) is 6.16. The molecule has 88 valence electrons. The van der Waals surface area contributed by atoms with E-state index in [1.165, 1.54) is 0 Å². The number of nitrogens with zero attached hydrogens (tertiary/aromatic N) is 1. The molecule has 17 heavy (non-hydrogen) atoms. The second kappa shape index (κ2) is 4.94. The van der Waals surface area contributed by atoms with Gasteiger partial charge in [0.1, 0.15) is 0 Å². The lowest BCUT2D eigenvalue weighted by Crippen LogP contribution is -2.05. The monoisotopic (exact) mass is 311 g/mol. The summed E-state index contributed by atoms with van der Waals surface area (Å²) >= 11 is 9.17. The maximum Gasteiger partial charge on any atom is 0.0743 e. The Morgan fingerprint density at radius 2 is 2.29 bits per heavy atom.